The summed E-state index contributed by atoms with van der Waals surface area (Å²) in [6.45, 7) is 5.35. The van der Waals surface area contributed by atoms with Crippen LogP contribution in [0, 0.1) is 0 Å². The summed E-state index contributed by atoms with van der Waals surface area (Å²) >= 11 is 6.72. The molecule has 1 aromatic carbocycles. The fraction of sp³-hybridized carbons (Fsp3) is 0.368. The molecular formula is C19H20ClN3O3. The van der Waals surface area contributed by atoms with Crippen molar-refractivity contribution < 1.29 is 14.4 Å². The fourth-order valence-electron chi connectivity index (χ4n) is 3.62. The molecule has 2 aromatic heterocycles. The van der Waals surface area contributed by atoms with Crippen LogP contribution >= 0.6 is 11.6 Å². The number of fused-ring (bicyclic) bond motifs is 1. The summed E-state index contributed by atoms with van der Waals surface area (Å²) < 4.78 is 11.4. The Hall–Kier alpha value is -2.15. The van der Waals surface area contributed by atoms with Gasteiger partial charge in [0.1, 0.15) is 10.7 Å². The van der Waals surface area contributed by atoms with Crippen LogP contribution in [0.4, 0.5) is 5.69 Å². The molecular weight excluding hydrogens is 354 g/mol. The van der Waals surface area contributed by atoms with Gasteiger partial charge in [0, 0.05) is 36.6 Å². The van der Waals surface area contributed by atoms with Gasteiger partial charge in [-0.15, -0.1) is 0 Å². The molecule has 0 unspecified atom stereocenters. The number of hydrogen-bond acceptors (Lipinski definition) is 6. The summed E-state index contributed by atoms with van der Waals surface area (Å²) in [6.07, 6.45) is 3.57. The Bertz CT molecular complexity index is 919. The predicted molar refractivity (Wildman–Crippen MR) is 100 cm³/mol. The zero-order chi connectivity index (χ0) is 18.3. The number of pyridine rings is 1. The Morgan fingerprint density at radius 2 is 1.92 bits per heavy atom. The van der Waals surface area contributed by atoms with Gasteiger partial charge in [-0.3, -0.25) is 4.98 Å². The van der Waals surface area contributed by atoms with E-state index in [4.69, 9.17) is 20.9 Å². The smallest absolute Gasteiger partial charge is 0.188 e. The fourth-order valence-corrected chi connectivity index (χ4v) is 4.00. The molecule has 4 rings (SSSR count). The molecule has 1 saturated heterocycles. The molecule has 1 N–H and O–H groups in total. The van der Waals surface area contributed by atoms with Crippen LogP contribution in [0.2, 0.25) is 5.02 Å². The van der Waals surface area contributed by atoms with Gasteiger partial charge in [0.25, 0.3) is 0 Å². The third kappa shape index (κ3) is 2.94. The zero-order valence-corrected chi connectivity index (χ0v) is 15.4. The Morgan fingerprint density at radius 1 is 1.23 bits per heavy atom. The Kier molecular flexibility index (Phi) is 4.56. The third-order valence-electron chi connectivity index (χ3n) is 4.62. The number of aliphatic hydroxyl groups is 1. The van der Waals surface area contributed by atoms with Gasteiger partial charge in [-0.25, -0.2) is 0 Å². The van der Waals surface area contributed by atoms with Crippen molar-refractivity contribution in [1.29, 1.82) is 0 Å². The second-order valence-corrected chi connectivity index (χ2v) is 7.04. The molecule has 0 bridgehead atoms. The largest absolute Gasteiger partial charge is 0.392 e. The van der Waals surface area contributed by atoms with E-state index in [2.05, 4.69) is 15.0 Å². The number of halogens is 1. The first-order valence-corrected chi connectivity index (χ1v) is 8.98. The van der Waals surface area contributed by atoms with Crippen molar-refractivity contribution in [3.63, 3.8) is 0 Å². The topological polar surface area (TPSA) is 71.6 Å². The lowest BCUT2D eigenvalue weighted by molar-refractivity contribution is -0.00531. The van der Waals surface area contributed by atoms with Crippen molar-refractivity contribution in [3.05, 3.63) is 41.2 Å². The van der Waals surface area contributed by atoms with E-state index in [0.29, 0.717) is 29.4 Å². The van der Waals surface area contributed by atoms with Gasteiger partial charge in [0.05, 0.1) is 29.9 Å². The SMILES string of the molecule is C[C@@H]1CN(c2c(CO)cc3c(-c4ccncc4)noc3c2Cl)C[C@H](C)O1. The van der Waals surface area contributed by atoms with Gasteiger partial charge in [0.2, 0.25) is 0 Å². The zero-order valence-electron chi connectivity index (χ0n) is 14.6. The average molecular weight is 374 g/mol. The molecule has 136 valence electrons. The lowest BCUT2D eigenvalue weighted by Gasteiger charge is -2.38. The van der Waals surface area contributed by atoms with Gasteiger partial charge >= 0.3 is 0 Å². The molecule has 2 atom stereocenters. The molecule has 26 heavy (non-hydrogen) atoms. The standard InChI is InChI=1S/C19H20ClN3O3/c1-11-8-23(9-12(2)25-11)18-14(10-24)7-15-17(13-3-5-21-6-4-13)22-26-19(15)16(18)20/h3-7,11-12,24H,8-10H2,1-2H3/t11-,12+. The number of aliphatic hydroxyl groups excluding tert-OH is 1. The van der Waals surface area contributed by atoms with Crippen LogP contribution in [0.25, 0.3) is 22.2 Å². The number of morpholine rings is 1. The first-order chi connectivity index (χ1) is 12.6. The van der Waals surface area contributed by atoms with Crippen molar-refractivity contribution in [2.75, 3.05) is 18.0 Å². The van der Waals surface area contributed by atoms with Crippen molar-refractivity contribution in [3.8, 4) is 11.3 Å². The van der Waals surface area contributed by atoms with Crippen LogP contribution in [0.3, 0.4) is 0 Å². The van der Waals surface area contributed by atoms with Gasteiger partial charge in [-0.2, -0.15) is 0 Å². The second kappa shape index (κ2) is 6.87. The van der Waals surface area contributed by atoms with Crippen molar-refractivity contribution in [1.82, 2.24) is 10.1 Å². The summed E-state index contributed by atoms with van der Waals surface area (Å²) in [6, 6.07) is 5.64. The maximum absolute atomic E-state index is 9.99. The van der Waals surface area contributed by atoms with Gasteiger partial charge in [-0.1, -0.05) is 16.8 Å². The van der Waals surface area contributed by atoms with Crippen LogP contribution in [0.5, 0.6) is 0 Å². The molecule has 6 nitrogen and oxygen atoms in total. The van der Waals surface area contributed by atoms with Crippen LogP contribution in [-0.2, 0) is 11.3 Å². The monoisotopic (exact) mass is 373 g/mol. The molecule has 0 aliphatic carbocycles. The molecule has 1 aliphatic rings. The molecule has 0 spiro atoms. The lowest BCUT2D eigenvalue weighted by Crippen LogP contribution is -2.46. The van der Waals surface area contributed by atoms with Crippen LogP contribution < -0.4 is 4.90 Å². The van der Waals surface area contributed by atoms with Crippen molar-refractivity contribution in [2.24, 2.45) is 0 Å². The van der Waals surface area contributed by atoms with Crippen LogP contribution in [0.1, 0.15) is 19.4 Å². The molecule has 7 heteroatoms. The van der Waals surface area contributed by atoms with Crippen LogP contribution in [-0.4, -0.2) is 40.5 Å². The van der Waals surface area contributed by atoms with E-state index in [9.17, 15) is 5.11 Å². The highest BCUT2D eigenvalue weighted by Gasteiger charge is 2.28. The highest BCUT2D eigenvalue weighted by Crippen LogP contribution is 2.41. The van der Waals surface area contributed by atoms with Gasteiger partial charge < -0.3 is 19.3 Å². The summed E-state index contributed by atoms with van der Waals surface area (Å²) in [5.74, 6) is 0. The van der Waals surface area contributed by atoms with E-state index in [-0.39, 0.29) is 18.8 Å². The number of anilines is 1. The van der Waals surface area contributed by atoms with Gasteiger partial charge in [-0.05, 0) is 32.0 Å². The van der Waals surface area contributed by atoms with E-state index in [0.717, 1.165) is 22.2 Å². The van der Waals surface area contributed by atoms with Gasteiger partial charge in [0.15, 0.2) is 5.58 Å². The molecule has 0 radical (unpaired) electrons. The van der Waals surface area contributed by atoms with Crippen molar-refractivity contribution >= 4 is 28.3 Å². The number of ether oxygens (including phenoxy) is 1. The predicted octanol–water partition coefficient (Wildman–Crippen LogP) is 3.65. The Morgan fingerprint density at radius 3 is 2.58 bits per heavy atom. The summed E-state index contributed by atoms with van der Waals surface area (Å²) in [7, 11) is 0. The molecule has 1 aliphatic heterocycles. The van der Waals surface area contributed by atoms with Crippen LogP contribution in [0.15, 0.2) is 35.1 Å². The highest BCUT2D eigenvalue weighted by atomic mass is 35.5. The normalized spacial score (nSPS) is 20.7. The minimum absolute atomic E-state index is 0.0826. The third-order valence-corrected chi connectivity index (χ3v) is 4.97. The highest BCUT2D eigenvalue weighted by molar-refractivity contribution is 6.38. The quantitative estimate of drug-likeness (QED) is 0.755. The molecule has 0 amide bonds. The first-order valence-electron chi connectivity index (χ1n) is 8.61. The molecule has 3 aromatic rings. The minimum Gasteiger partial charge on any atom is -0.392 e. The minimum atomic E-state index is -0.119. The number of benzene rings is 1. The average Bonchev–Trinajstić information content (AvgIpc) is 3.05. The molecule has 1 fully saturated rings. The van der Waals surface area contributed by atoms with E-state index in [1.54, 1.807) is 12.4 Å². The summed E-state index contributed by atoms with van der Waals surface area (Å²) in [5, 5.41) is 15.4. The first kappa shape index (κ1) is 17.3. The lowest BCUT2D eigenvalue weighted by atomic mass is 10.0. The molecule has 3 heterocycles. The Balaban J connectivity index is 1.86. The Labute approximate surface area is 156 Å². The number of nitrogens with zero attached hydrogens (tertiary/aromatic N) is 3. The summed E-state index contributed by atoms with van der Waals surface area (Å²) in [5.41, 5.74) is 3.65. The molecule has 0 saturated carbocycles. The van der Waals surface area contributed by atoms with Crippen molar-refractivity contribution in [2.45, 2.75) is 32.7 Å². The number of hydrogen-bond donors (Lipinski definition) is 1. The number of rotatable bonds is 3. The van der Waals surface area contributed by atoms with E-state index in [1.165, 1.54) is 0 Å². The summed E-state index contributed by atoms with van der Waals surface area (Å²) in [4.78, 5) is 6.19. The van der Waals surface area contributed by atoms with E-state index >= 15 is 0 Å². The second-order valence-electron chi connectivity index (χ2n) is 6.66. The van der Waals surface area contributed by atoms with E-state index in [1.807, 2.05) is 32.0 Å². The maximum Gasteiger partial charge on any atom is 0.188 e. The number of aromatic nitrogens is 2. The van der Waals surface area contributed by atoms with E-state index < -0.39 is 0 Å². The maximum atomic E-state index is 9.99.